The monoisotopic (exact) mass is 295 g/mol. The van der Waals surface area contributed by atoms with Gasteiger partial charge in [0.2, 0.25) is 5.91 Å². The van der Waals surface area contributed by atoms with E-state index in [1.165, 1.54) is 6.07 Å². The first-order chi connectivity index (χ1) is 10.1. The molecular weight excluding hydrogens is 273 g/mol. The van der Waals surface area contributed by atoms with E-state index in [0.29, 0.717) is 32.8 Å². The molecule has 0 radical (unpaired) electrons. The normalized spacial score (nSPS) is 19.4. The highest BCUT2D eigenvalue weighted by atomic mass is 19.1. The molecule has 1 heterocycles. The van der Waals surface area contributed by atoms with Crippen molar-refractivity contribution in [2.75, 3.05) is 32.0 Å². The Hall–Kier alpha value is -1.66. The molecule has 1 fully saturated rings. The van der Waals surface area contributed by atoms with Crippen molar-refractivity contribution in [3.8, 4) is 0 Å². The number of nitrogens with two attached hydrogens (primary N) is 1. The lowest BCUT2D eigenvalue weighted by atomic mass is 10.1. The average molecular weight is 295 g/mol. The van der Waals surface area contributed by atoms with Crippen LogP contribution in [0.4, 0.5) is 10.1 Å². The predicted octanol–water partition coefficient (Wildman–Crippen LogP) is 1.13. The highest BCUT2D eigenvalue weighted by Crippen LogP contribution is 2.16. The van der Waals surface area contributed by atoms with E-state index in [1.54, 1.807) is 12.1 Å². The first-order valence-corrected chi connectivity index (χ1v) is 7.25. The maximum absolute atomic E-state index is 13.5. The first kappa shape index (κ1) is 15.7. The number of benzene rings is 1. The van der Waals surface area contributed by atoms with Gasteiger partial charge in [0.15, 0.2) is 0 Å². The number of nitrogens with one attached hydrogen (secondary N) is 1. The fourth-order valence-electron chi connectivity index (χ4n) is 2.34. The van der Waals surface area contributed by atoms with E-state index in [4.69, 9.17) is 10.5 Å². The molecule has 0 saturated carbocycles. The maximum atomic E-state index is 13.5. The summed E-state index contributed by atoms with van der Waals surface area (Å²) in [4.78, 5) is 14.2. The lowest BCUT2D eigenvalue weighted by Crippen LogP contribution is -2.53. The molecule has 1 aromatic rings. The fourth-order valence-corrected chi connectivity index (χ4v) is 2.34. The molecule has 1 aliphatic rings. The number of halogens is 1. The number of nitrogens with zero attached hydrogens (tertiary/aromatic N) is 1. The quantitative estimate of drug-likeness (QED) is 0.799. The Balaban J connectivity index is 2.04. The smallest absolute Gasteiger partial charge is 0.239 e. The van der Waals surface area contributed by atoms with Crippen LogP contribution >= 0.6 is 0 Å². The van der Waals surface area contributed by atoms with E-state index in [2.05, 4.69) is 5.32 Å². The standard InChI is InChI=1S/C15H22FN3O2/c1-2-5-18-15(20)14-10-21-7-6-19(14)9-11-3-4-13(17)12(16)8-11/h3-4,8,14H,2,5-7,9-10,17H2,1H3,(H,18,20). The third-order valence-electron chi connectivity index (χ3n) is 3.54. The topological polar surface area (TPSA) is 67.6 Å². The van der Waals surface area contributed by atoms with Gasteiger partial charge in [0, 0.05) is 19.6 Å². The van der Waals surface area contributed by atoms with E-state index >= 15 is 0 Å². The van der Waals surface area contributed by atoms with E-state index in [-0.39, 0.29) is 17.6 Å². The van der Waals surface area contributed by atoms with Gasteiger partial charge in [-0.05, 0) is 24.1 Å². The zero-order valence-corrected chi connectivity index (χ0v) is 12.3. The van der Waals surface area contributed by atoms with Crippen molar-refractivity contribution >= 4 is 11.6 Å². The van der Waals surface area contributed by atoms with Gasteiger partial charge in [0.25, 0.3) is 0 Å². The van der Waals surface area contributed by atoms with Gasteiger partial charge >= 0.3 is 0 Å². The molecule has 2 rings (SSSR count). The Labute approximate surface area is 124 Å². The number of hydrogen-bond donors (Lipinski definition) is 2. The molecule has 1 atom stereocenters. The molecule has 0 aliphatic carbocycles. The van der Waals surface area contributed by atoms with E-state index in [1.807, 2.05) is 11.8 Å². The van der Waals surface area contributed by atoms with Crippen LogP contribution in [0.25, 0.3) is 0 Å². The molecule has 1 aliphatic heterocycles. The summed E-state index contributed by atoms with van der Waals surface area (Å²) in [6.07, 6.45) is 0.891. The van der Waals surface area contributed by atoms with Crippen LogP contribution in [-0.2, 0) is 16.1 Å². The van der Waals surface area contributed by atoms with E-state index in [0.717, 1.165) is 12.0 Å². The number of anilines is 1. The molecule has 1 unspecified atom stereocenters. The molecule has 5 nitrogen and oxygen atoms in total. The van der Waals surface area contributed by atoms with Crippen molar-refractivity contribution in [2.24, 2.45) is 0 Å². The highest BCUT2D eigenvalue weighted by Gasteiger charge is 2.29. The van der Waals surface area contributed by atoms with Gasteiger partial charge in [-0.3, -0.25) is 9.69 Å². The predicted molar refractivity (Wildman–Crippen MR) is 79.1 cm³/mol. The summed E-state index contributed by atoms with van der Waals surface area (Å²) in [5.41, 5.74) is 6.42. The van der Waals surface area contributed by atoms with Crippen LogP contribution in [0.1, 0.15) is 18.9 Å². The molecule has 3 N–H and O–H groups in total. The largest absolute Gasteiger partial charge is 0.396 e. The van der Waals surface area contributed by atoms with Crippen molar-refractivity contribution < 1.29 is 13.9 Å². The van der Waals surface area contributed by atoms with Gasteiger partial charge in [-0.25, -0.2) is 4.39 Å². The molecule has 116 valence electrons. The Morgan fingerprint density at radius 3 is 3.10 bits per heavy atom. The Bertz CT molecular complexity index is 496. The second-order valence-electron chi connectivity index (χ2n) is 5.21. The summed E-state index contributed by atoms with van der Waals surface area (Å²) in [5, 5.41) is 2.88. The van der Waals surface area contributed by atoms with Gasteiger partial charge in [0.05, 0.1) is 18.9 Å². The Kier molecular flexibility index (Phi) is 5.52. The molecule has 1 aromatic carbocycles. The maximum Gasteiger partial charge on any atom is 0.239 e. The Morgan fingerprint density at radius 1 is 1.57 bits per heavy atom. The first-order valence-electron chi connectivity index (χ1n) is 7.25. The van der Waals surface area contributed by atoms with Crippen molar-refractivity contribution in [1.29, 1.82) is 0 Å². The van der Waals surface area contributed by atoms with Crippen LogP contribution in [0, 0.1) is 5.82 Å². The van der Waals surface area contributed by atoms with Gasteiger partial charge in [-0.2, -0.15) is 0 Å². The SMILES string of the molecule is CCCNC(=O)C1COCCN1Cc1ccc(N)c(F)c1. The third-order valence-corrected chi connectivity index (χ3v) is 3.54. The van der Waals surface area contributed by atoms with Crippen LogP contribution in [-0.4, -0.2) is 43.2 Å². The zero-order chi connectivity index (χ0) is 15.2. The van der Waals surface area contributed by atoms with Crippen LogP contribution in [0.3, 0.4) is 0 Å². The summed E-state index contributed by atoms with van der Waals surface area (Å²) < 4.78 is 18.9. The van der Waals surface area contributed by atoms with Gasteiger partial charge in [-0.15, -0.1) is 0 Å². The van der Waals surface area contributed by atoms with Crippen LogP contribution < -0.4 is 11.1 Å². The number of morpholine rings is 1. The number of hydrogen-bond acceptors (Lipinski definition) is 4. The summed E-state index contributed by atoms with van der Waals surface area (Å²) in [6.45, 7) is 4.76. The number of amides is 1. The molecule has 0 spiro atoms. The molecule has 21 heavy (non-hydrogen) atoms. The number of carbonyl (C=O) groups is 1. The summed E-state index contributed by atoms with van der Waals surface area (Å²) in [7, 11) is 0. The fraction of sp³-hybridized carbons (Fsp3) is 0.533. The second-order valence-corrected chi connectivity index (χ2v) is 5.21. The molecule has 6 heteroatoms. The van der Waals surface area contributed by atoms with Crippen LogP contribution in [0.5, 0.6) is 0 Å². The number of ether oxygens (including phenoxy) is 1. The lowest BCUT2D eigenvalue weighted by molar-refractivity contribution is -0.132. The van der Waals surface area contributed by atoms with Crippen molar-refractivity contribution in [3.63, 3.8) is 0 Å². The minimum atomic E-state index is -0.423. The molecule has 1 amide bonds. The summed E-state index contributed by atoms with van der Waals surface area (Å²) >= 11 is 0. The molecule has 0 bridgehead atoms. The number of rotatable bonds is 5. The minimum absolute atomic E-state index is 0.0348. The zero-order valence-electron chi connectivity index (χ0n) is 12.3. The number of carbonyl (C=O) groups excluding carboxylic acids is 1. The van der Waals surface area contributed by atoms with Crippen molar-refractivity contribution in [3.05, 3.63) is 29.6 Å². The van der Waals surface area contributed by atoms with Crippen LogP contribution in [0.2, 0.25) is 0 Å². The van der Waals surface area contributed by atoms with Crippen molar-refractivity contribution in [2.45, 2.75) is 25.9 Å². The average Bonchev–Trinajstić information content (AvgIpc) is 2.49. The Morgan fingerprint density at radius 2 is 2.38 bits per heavy atom. The van der Waals surface area contributed by atoms with Crippen LogP contribution in [0.15, 0.2) is 18.2 Å². The van der Waals surface area contributed by atoms with E-state index < -0.39 is 5.82 Å². The van der Waals surface area contributed by atoms with E-state index in [9.17, 15) is 9.18 Å². The van der Waals surface area contributed by atoms with Gasteiger partial charge < -0.3 is 15.8 Å². The molecule has 1 saturated heterocycles. The lowest BCUT2D eigenvalue weighted by Gasteiger charge is -2.34. The summed E-state index contributed by atoms with van der Waals surface area (Å²) in [6, 6.07) is 4.43. The molecular formula is C15H22FN3O2. The number of nitrogen functional groups attached to an aromatic ring is 1. The third kappa shape index (κ3) is 4.15. The second kappa shape index (κ2) is 7.38. The highest BCUT2D eigenvalue weighted by molar-refractivity contribution is 5.82. The van der Waals surface area contributed by atoms with Gasteiger partial charge in [0.1, 0.15) is 11.9 Å². The summed E-state index contributed by atoms with van der Waals surface area (Å²) in [5.74, 6) is -0.458. The minimum Gasteiger partial charge on any atom is -0.396 e. The van der Waals surface area contributed by atoms with Crippen molar-refractivity contribution in [1.82, 2.24) is 10.2 Å². The molecule has 0 aromatic heterocycles. The van der Waals surface area contributed by atoms with Gasteiger partial charge in [-0.1, -0.05) is 13.0 Å².